The molecule has 5 rings (SSSR count). The Morgan fingerprint density at radius 3 is 2.69 bits per heavy atom. The Balaban J connectivity index is 1.44. The van der Waals surface area contributed by atoms with Crippen molar-refractivity contribution in [1.82, 2.24) is 24.8 Å². The van der Waals surface area contributed by atoms with Crippen molar-refractivity contribution in [2.24, 2.45) is 0 Å². The topological polar surface area (TPSA) is 91.6 Å². The number of carbonyl (C=O) groups excluding carboxylic acids is 1. The zero-order valence-electron chi connectivity index (χ0n) is 16.1. The van der Waals surface area contributed by atoms with Crippen molar-refractivity contribution in [1.29, 1.82) is 0 Å². The highest BCUT2D eigenvalue weighted by Crippen LogP contribution is 2.32. The monoisotopic (exact) mass is 386 g/mol. The number of carbonyl (C=O) groups is 1. The summed E-state index contributed by atoms with van der Waals surface area (Å²) in [6.07, 6.45) is 5.28. The number of rotatable bonds is 4. The first kappa shape index (κ1) is 17.6. The van der Waals surface area contributed by atoms with E-state index in [2.05, 4.69) is 44.4 Å². The molecule has 1 aliphatic rings. The van der Waals surface area contributed by atoms with Crippen LogP contribution in [-0.4, -0.2) is 30.7 Å². The van der Waals surface area contributed by atoms with Gasteiger partial charge in [-0.1, -0.05) is 18.2 Å². The van der Waals surface area contributed by atoms with Crippen molar-refractivity contribution in [3.63, 3.8) is 0 Å². The van der Waals surface area contributed by atoms with Crippen molar-refractivity contribution < 1.29 is 4.79 Å². The standard InChI is InChI=1S/C22H22N6O/c23-16-11-9-15(10-12-16)22(29)28-21(24-25-26-28)13-14-27-19-7-3-1-5-17(19)18-6-2-4-8-20(18)27/h1,3,5,7,9-12H,2,4,6,8,13-14,23H2. The van der Waals surface area contributed by atoms with Gasteiger partial charge >= 0.3 is 0 Å². The van der Waals surface area contributed by atoms with Crippen LogP contribution in [0, 0.1) is 0 Å². The van der Waals surface area contributed by atoms with Crippen LogP contribution in [0.1, 0.15) is 40.3 Å². The number of nitrogens with two attached hydrogens (primary N) is 1. The molecule has 2 N–H and O–H groups in total. The molecule has 0 spiro atoms. The van der Waals surface area contributed by atoms with Crippen molar-refractivity contribution in [2.75, 3.05) is 5.73 Å². The van der Waals surface area contributed by atoms with Crippen LogP contribution in [0.2, 0.25) is 0 Å². The van der Waals surface area contributed by atoms with Gasteiger partial charge in [-0.15, -0.1) is 5.10 Å². The Morgan fingerprint density at radius 2 is 1.83 bits per heavy atom. The molecule has 0 aliphatic heterocycles. The molecule has 0 radical (unpaired) electrons. The maximum atomic E-state index is 12.8. The van der Waals surface area contributed by atoms with Crippen molar-refractivity contribution in [3.8, 4) is 0 Å². The summed E-state index contributed by atoms with van der Waals surface area (Å²) in [6.45, 7) is 0.741. The molecule has 2 aromatic heterocycles. The van der Waals surface area contributed by atoms with Crippen LogP contribution >= 0.6 is 0 Å². The number of nitrogens with zero attached hydrogens (tertiary/aromatic N) is 5. The average Bonchev–Trinajstić information content (AvgIpc) is 3.35. The average molecular weight is 386 g/mol. The fourth-order valence-electron chi connectivity index (χ4n) is 4.32. The molecule has 2 heterocycles. The maximum Gasteiger partial charge on any atom is 0.281 e. The van der Waals surface area contributed by atoms with Crippen LogP contribution in [0.5, 0.6) is 0 Å². The molecule has 7 heteroatoms. The van der Waals surface area contributed by atoms with Gasteiger partial charge < -0.3 is 10.3 Å². The second-order valence-corrected chi connectivity index (χ2v) is 7.49. The summed E-state index contributed by atoms with van der Waals surface area (Å²) in [5.74, 6) is 0.318. The van der Waals surface area contributed by atoms with Crippen LogP contribution < -0.4 is 5.73 Å². The lowest BCUT2D eigenvalue weighted by molar-refractivity contribution is 0.0939. The Morgan fingerprint density at radius 1 is 1.03 bits per heavy atom. The quantitative estimate of drug-likeness (QED) is 0.430. The van der Waals surface area contributed by atoms with Crippen LogP contribution in [0.15, 0.2) is 48.5 Å². The summed E-state index contributed by atoms with van der Waals surface area (Å²) in [7, 11) is 0. The van der Waals surface area contributed by atoms with E-state index in [1.54, 1.807) is 24.3 Å². The Bertz CT molecular complexity index is 1190. The van der Waals surface area contributed by atoms with Gasteiger partial charge in [-0.05, 0) is 72.0 Å². The number of fused-ring (bicyclic) bond motifs is 3. The van der Waals surface area contributed by atoms with Gasteiger partial charge in [0, 0.05) is 40.8 Å². The molecule has 0 fully saturated rings. The van der Waals surface area contributed by atoms with Crippen LogP contribution in [0.4, 0.5) is 5.69 Å². The summed E-state index contributed by atoms with van der Waals surface area (Å²) >= 11 is 0. The SMILES string of the molecule is Nc1ccc(C(=O)n2nnnc2CCn2c3c(c4ccccc42)CCCC3)cc1. The van der Waals surface area contributed by atoms with E-state index in [1.165, 1.54) is 39.7 Å². The first-order valence-corrected chi connectivity index (χ1v) is 9.99. The predicted octanol–water partition coefficient (Wildman–Crippen LogP) is 3.02. The predicted molar refractivity (Wildman–Crippen MR) is 111 cm³/mol. The molecule has 0 saturated carbocycles. The molecule has 2 aromatic carbocycles. The number of benzene rings is 2. The molecule has 0 amide bonds. The Labute approximate surface area is 168 Å². The van der Waals surface area contributed by atoms with E-state index in [4.69, 9.17) is 5.73 Å². The molecule has 0 bridgehead atoms. The minimum atomic E-state index is -0.246. The molecule has 0 unspecified atom stereocenters. The molecule has 4 aromatic rings. The van der Waals surface area contributed by atoms with Crippen LogP contribution in [0.25, 0.3) is 10.9 Å². The van der Waals surface area contributed by atoms with Gasteiger partial charge in [0.15, 0.2) is 5.82 Å². The second kappa shape index (κ2) is 7.16. The molecular weight excluding hydrogens is 364 g/mol. The van der Waals surface area contributed by atoms with E-state index in [9.17, 15) is 4.79 Å². The number of para-hydroxylation sites is 1. The number of nitrogen functional groups attached to an aromatic ring is 1. The largest absolute Gasteiger partial charge is 0.399 e. The van der Waals surface area contributed by atoms with E-state index < -0.39 is 0 Å². The summed E-state index contributed by atoms with van der Waals surface area (Å²) in [5.41, 5.74) is 11.0. The van der Waals surface area contributed by atoms with E-state index in [1.807, 2.05) is 0 Å². The van der Waals surface area contributed by atoms with Crippen molar-refractivity contribution in [3.05, 3.63) is 71.2 Å². The summed E-state index contributed by atoms with van der Waals surface area (Å²) in [4.78, 5) is 12.8. The van der Waals surface area contributed by atoms with Crippen molar-refractivity contribution >= 4 is 22.5 Å². The number of aromatic nitrogens is 5. The normalized spacial score (nSPS) is 13.5. The van der Waals surface area contributed by atoms with Crippen molar-refractivity contribution in [2.45, 2.75) is 38.6 Å². The van der Waals surface area contributed by atoms with Crippen LogP contribution in [-0.2, 0) is 25.8 Å². The van der Waals surface area contributed by atoms with Crippen LogP contribution in [0.3, 0.4) is 0 Å². The number of hydrogen-bond acceptors (Lipinski definition) is 5. The van der Waals surface area contributed by atoms with Gasteiger partial charge in [0.05, 0.1) is 0 Å². The lowest BCUT2D eigenvalue weighted by atomic mass is 9.95. The maximum absolute atomic E-state index is 12.8. The fraction of sp³-hybridized carbons (Fsp3) is 0.273. The highest BCUT2D eigenvalue weighted by Gasteiger charge is 2.21. The molecule has 146 valence electrons. The van der Waals surface area contributed by atoms with Gasteiger partial charge in [-0.25, -0.2) is 0 Å². The fourth-order valence-corrected chi connectivity index (χ4v) is 4.32. The third-order valence-electron chi connectivity index (χ3n) is 5.73. The smallest absolute Gasteiger partial charge is 0.281 e. The number of aryl methyl sites for hydroxylation is 3. The lowest BCUT2D eigenvalue weighted by Crippen LogP contribution is -2.19. The zero-order valence-corrected chi connectivity index (χ0v) is 16.1. The molecule has 0 saturated heterocycles. The Hall–Kier alpha value is -3.48. The Kier molecular flexibility index (Phi) is 4.35. The second-order valence-electron chi connectivity index (χ2n) is 7.49. The first-order valence-electron chi connectivity index (χ1n) is 9.99. The van der Waals surface area contributed by atoms with Gasteiger partial charge in [-0.2, -0.15) is 4.68 Å². The zero-order chi connectivity index (χ0) is 19.8. The summed E-state index contributed by atoms with van der Waals surface area (Å²) < 4.78 is 3.68. The molecule has 7 nitrogen and oxygen atoms in total. The minimum Gasteiger partial charge on any atom is -0.399 e. The van der Waals surface area contributed by atoms with Gasteiger partial charge in [0.1, 0.15) is 0 Å². The lowest BCUT2D eigenvalue weighted by Gasteiger charge is -2.16. The summed E-state index contributed by atoms with van der Waals surface area (Å²) in [6, 6.07) is 15.4. The highest BCUT2D eigenvalue weighted by molar-refractivity contribution is 5.95. The number of anilines is 1. The highest BCUT2D eigenvalue weighted by atomic mass is 16.2. The number of hydrogen-bond donors (Lipinski definition) is 1. The molecule has 0 atom stereocenters. The van der Waals surface area contributed by atoms with Gasteiger partial charge in [0.2, 0.25) is 0 Å². The van der Waals surface area contributed by atoms with E-state index in [0.717, 1.165) is 19.4 Å². The van der Waals surface area contributed by atoms with Gasteiger partial charge in [-0.3, -0.25) is 4.79 Å². The van der Waals surface area contributed by atoms with E-state index in [-0.39, 0.29) is 5.91 Å². The molecular formula is C22H22N6O. The minimum absolute atomic E-state index is 0.246. The van der Waals surface area contributed by atoms with Gasteiger partial charge in [0.25, 0.3) is 5.91 Å². The first-order chi connectivity index (χ1) is 14.2. The summed E-state index contributed by atoms with van der Waals surface area (Å²) in [5, 5.41) is 13.1. The number of tetrazole rings is 1. The third-order valence-corrected chi connectivity index (χ3v) is 5.73. The molecule has 29 heavy (non-hydrogen) atoms. The van der Waals surface area contributed by atoms with E-state index >= 15 is 0 Å². The van der Waals surface area contributed by atoms with E-state index in [0.29, 0.717) is 23.5 Å². The molecule has 1 aliphatic carbocycles. The third kappa shape index (κ3) is 3.08.